The van der Waals surface area contributed by atoms with Crippen LogP contribution in [0.4, 0.5) is 5.88 Å². The Morgan fingerprint density at radius 2 is 1.82 bits per heavy atom. The lowest BCUT2D eigenvalue weighted by Crippen LogP contribution is -2.48. The number of benzene rings is 2. The molecule has 1 amide bonds. The largest absolute Gasteiger partial charge is 0.419 e. The van der Waals surface area contributed by atoms with Crippen LogP contribution in [0.25, 0.3) is 11.5 Å². The molecule has 3 aromatic rings. The maximum Gasteiger partial charge on any atom is 0.253 e. The topological polar surface area (TPSA) is 73.4 Å². The van der Waals surface area contributed by atoms with Gasteiger partial charge < -0.3 is 14.2 Å². The van der Waals surface area contributed by atoms with E-state index >= 15 is 0 Å². The van der Waals surface area contributed by atoms with Crippen LogP contribution in [-0.2, 0) is 0 Å². The van der Waals surface area contributed by atoms with Gasteiger partial charge in [-0.3, -0.25) is 4.79 Å². The minimum absolute atomic E-state index is 0.0337. The molecule has 0 unspecified atom stereocenters. The van der Waals surface area contributed by atoms with E-state index in [0.29, 0.717) is 43.5 Å². The fraction of sp³-hybridized carbons (Fsp3) is 0.227. The average molecular weight is 372 g/mol. The van der Waals surface area contributed by atoms with Crippen LogP contribution in [0, 0.1) is 18.3 Å². The molecule has 0 saturated carbocycles. The maximum atomic E-state index is 12.7. The number of amides is 1. The predicted octanol–water partition coefficient (Wildman–Crippen LogP) is 3.48. The lowest BCUT2D eigenvalue weighted by atomic mass is 10.1. The molecule has 28 heavy (non-hydrogen) atoms. The molecule has 2 aromatic carbocycles. The summed E-state index contributed by atoms with van der Waals surface area (Å²) >= 11 is 0. The summed E-state index contributed by atoms with van der Waals surface area (Å²) in [6.07, 6.45) is 0. The molecule has 0 radical (unpaired) electrons. The Bertz CT molecular complexity index is 1030. The number of piperazine rings is 1. The third-order valence-electron chi connectivity index (χ3n) is 4.86. The van der Waals surface area contributed by atoms with Crippen molar-refractivity contribution in [2.75, 3.05) is 31.1 Å². The van der Waals surface area contributed by atoms with Crippen molar-refractivity contribution in [1.82, 2.24) is 9.88 Å². The van der Waals surface area contributed by atoms with Gasteiger partial charge in [0.05, 0.1) is 0 Å². The summed E-state index contributed by atoms with van der Waals surface area (Å²) in [5, 5.41) is 9.46. The number of anilines is 1. The van der Waals surface area contributed by atoms with Crippen molar-refractivity contribution in [3.63, 3.8) is 0 Å². The van der Waals surface area contributed by atoms with E-state index in [-0.39, 0.29) is 11.6 Å². The summed E-state index contributed by atoms with van der Waals surface area (Å²) in [6, 6.07) is 19.3. The number of carbonyl (C=O) groups excluding carboxylic acids is 1. The van der Waals surface area contributed by atoms with Crippen LogP contribution in [0.2, 0.25) is 0 Å². The Hall–Kier alpha value is -3.59. The molecule has 1 aromatic heterocycles. The molecule has 6 nitrogen and oxygen atoms in total. The molecule has 4 rings (SSSR count). The summed E-state index contributed by atoms with van der Waals surface area (Å²) in [4.78, 5) is 20.9. The summed E-state index contributed by atoms with van der Waals surface area (Å²) in [5.41, 5.74) is 2.88. The highest BCUT2D eigenvalue weighted by Gasteiger charge is 2.27. The molecule has 140 valence electrons. The van der Waals surface area contributed by atoms with Crippen LogP contribution < -0.4 is 4.90 Å². The van der Waals surface area contributed by atoms with E-state index in [0.717, 1.165) is 11.1 Å². The van der Waals surface area contributed by atoms with Crippen LogP contribution in [0.3, 0.4) is 0 Å². The van der Waals surface area contributed by atoms with Gasteiger partial charge in [-0.25, -0.2) is 0 Å². The summed E-state index contributed by atoms with van der Waals surface area (Å²) < 4.78 is 5.92. The van der Waals surface area contributed by atoms with Gasteiger partial charge in [-0.05, 0) is 31.2 Å². The van der Waals surface area contributed by atoms with E-state index in [1.807, 2.05) is 71.3 Å². The highest BCUT2D eigenvalue weighted by atomic mass is 16.4. The smallest absolute Gasteiger partial charge is 0.253 e. The third-order valence-corrected chi connectivity index (χ3v) is 4.86. The Labute approximate surface area is 163 Å². The van der Waals surface area contributed by atoms with E-state index in [4.69, 9.17) is 4.42 Å². The fourth-order valence-corrected chi connectivity index (χ4v) is 3.38. The molecule has 2 heterocycles. The van der Waals surface area contributed by atoms with E-state index in [1.165, 1.54) is 0 Å². The third kappa shape index (κ3) is 3.47. The van der Waals surface area contributed by atoms with Gasteiger partial charge in [-0.1, -0.05) is 35.9 Å². The lowest BCUT2D eigenvalue weighted by molar-refractivity contribution is 0.0745. The van der Waals surface area contributed by atoms with Gasteiger partial charge in [-0.2, -0.15) is 10.2 Å². The SMILES string of the molecule is Cc1cccc(C(=O)N2CCN(c3oc(-c4ccccc4)nc3C#N)CC2)c1. The number of aryl methyl sites for hydroxylation is 1. The van der Waals surface area contributed by atoms with Gasteiger partial charge >= 0.3 is 0 Å². The highest BCUT2D eigenvalue weighted by molar-refractivity contribution is 5.94. The predicted molar refractivity (Wildman–Crippen MR) is 106 cm³/mol. The number of aromatic nitrogens is 1. The molecule has 0 spiro atoms. The van der Waals surface area contributed by atoms with Crippen molar-refractivity contribution in [2.24, 2.45) is 0 Å². The van der Waals surface area contributed by atoms with Gasteiger partial charge in [0.1, 0.15) is 6.07 Å². The number of carbonyl (C=O) groups is 1. The molecule has 1 aliphatic heterocycles. The number of hydrogen-bond acceptors (Lipinski definition) is 5. The van der Waals surface area contributed by atoms with Crippen LogP contribution >= 0.6 is 0 Å². The second-order valence-electron chi connectivity index (χ2n) is 6.80. The molecule has 0 N–H and O–H groups in total. The van der Waals surface area contributed by atoms with Crippen LogP contribution in [0.15, 0.2) is 59.0 Å². The number of nitriles is 1. The first-order chi connectivity index (χ1) is 13.7. The van der Waals surface area contributed by atoms with Gasteiger partial charge in [0, 0.05) is 37.3 Å². The van der Waals surface area contributed by atoms with Crippen molar-refractivity contribution in [3.8, 4) is 17.5 Å². The van der Waals surface area contributed by atoms with Gasteiger partial charge in [0.25, 0.3) is 5.91 Å². The second kappa shape index (κ2) is 7.57. The molecule has 0 atom stereocenters. The van der Waals surface area contributed by atoms with Crippen molar-refractivity contribution in [2.45, 2.75) is 6.92 Å². The standard InChI is InChI=1S/C22H20N4O2/c1-16-6-5-9-18(14-16)21(27)25-10-12-26(13-11-25)22-19(15-23)24-20(28-22)17-7-3-2-4-8-17/h2-9,14H,10-13H2,1H3. The van der Waals surface area contributed by atoms with Gasteiger partial charge in [0.15, 0.2) is 0 Å². The minimum atomic E-state index is 0.0337. The van der Waals surface area contributed by atoms with Crippen molar-refractivity contribution in [1.29, 1.82) is 5.26 Å². The molecule has 1 fully saturated rings. The Balaban J connectivity index is 1.49. The summed E-state index contributed by atoms with van der Waals surface area (Å²) in [7, 11) is 0. The maximum absolute atomic E-state index is 12.7. The Morgan fingerprint density at radius 1 is 1.07 bits per heavy atom. The van der Waals surface area contributed by atoms with Crippen molar-refractivity contribution >= 4 is 11.8 Å². The van der Waals surface area contributed by atoms with E-state index in [1.54, 1.807) is 0 Å². The van der Waals surface area contributed by atoms with E-state index < -0.39 is 0 Å². The first-order valence-electron chi connectivity index (χ1n) is 9.23. The average Bonchev–Trinajstić information content (AvgIpc) is 3.18. The van der Waals surface area contributed by atoms with Crippen LogP contribution in [0.5, 0.6) is 0 Å². The fourth-order valence-electron chi connectivity index (χ4n) is 3.38. The molecule has 1 aliphatic rings. The van der Waals surface area contributed by atoms with E-state index in [9.17, 15) is 10.1 Å². The number of oxazole rings is 1. The molecular weight excluding hydrogens is 352 g/mol. The second-order valence-corrected chi connectivity index (χ2v) is 6.80. The van der Waals surface area contributed by atoms with Gasteiger partial charge in [-0.15, -0.1) is 0 Å². The van der Waals surface area contributed by atoms with E-state index in [2.05, 4.69) is 11.1 Å². The van der Waals surface area contributed by atoms with Crippen molar-refractivity contribution < 1.29 is 9.21 Å². The molecular formula is C22H20N4O2. The monoisotopic (exact) mass is 372 g/mol. The Kier molecular flexibility index (Phi) is 4.81. The molecule has 0 bridgehead atoms. The summed E-state index contributed by atoms with van der Waals surface area (Å²) in [5.74, 6) is 0.945. The Morgan fingerprint density at radius 3 is 2.50 bits per heavy atom. The van der Waals surface area contributed by atoms with Gasteiger partial charge in [0.2, 0.25) is 17.5 Å². The normalized spacial score (nSPS) is 14.0. The minimum Gasteiger partial charge on any atom is -0.419 e. The molecule has 1 saturated heterocycles. The number of nitrogens with zero attached hydrogens (tertiary/aromatic N) is 4. The molecule has 0 aliphatic carbocycles. The van der Waals surface area contributed by atoms with Crippen LogP contribution in [0.1, 0.15) is 21.6 Å². The zero-order valence-electron chi connectivity index (χ0n) is 15.6. The first kappa shape index (κ1) is 17.8. The summed E-state index contributed by atoms with van der Waals surface area (Å²) in [6.45, 7) is 4.30. The number of hydrogen-bond donors (Lipinski definition) is 0. The zero-order valence-corrected chi connectivity index (χ0v) is 15.6. The first-order valence-corrected chi connectivity index (χ1v) is 9.23. The van der Waals surface area contributed by atoms with Crippen LogP contribution in [-0.4, -0.2) is 42.0 Å². The zero-order chi connectivity index (χ0) is 19.5. The number of rotatable bonds is 3. The quantitative estimate of drug-likeness (QED) is 0.704. The highest BCUT2D eigenvalue weighted by Crippen LogP contribution is 2.28. The lowest BCUT2D eigenvalue weighted by Gasteiger charge is -2.34. The molecule has 6 heteroatoms. The van der Waals surface area contributed by atoms with Crippen molar-refractivity contribution in [3.05, 3.63) is 71.4 Å².